The maximum absolute atomic E-state index is 13.0. The highest BCUT2D eigenvalue weighted by molar-refractivity contribution is 5.43. The number of halogens is 3. The van der Waals surface area contributed by atoms with Crippen LogP contribution in [0.25, 0.3) is 5.65 Å². The average molecular weight is 409 g/mol. The fourth-order valence-electron chi connectivity index (χ4n) is 5.07. The molecule has 1 aliphatic heterocycles. The van der Waals surface area contributed by atoms with Crippen LogP contribution in [-0.2, 0) is 0 Å². The molecule has 7 heteroatoms. The molecule has 160 valence electrons. The Morgan fingerprint density at radius 3 is 2.41 bits per heavy atom. The Morgan fingerprint density at radius 1 is 1.03 bits per heavy atom. The zero-order valence-electron chi connectivity index (χ0n) is 17.5. The molecule has 4 nitrogen and oxygen atoms in total. The largest absolute Gasteiger partial charge is 0.391 e. The van der Waals surface area contributed by atoms with Crippen molar-refractivity contribution in [3.8, 4) is 0 Å². The van der Waals surface area contributed by atoms with E-state index in [1.807, 2.05) is 17.5 Å². The molecule has 2 aromatic rings. The van der Waals surface area contributed by atoms with Crippen molar-refractivity contribution in [3.63, 3.8) is 0 Å². The Kier molecular flexibility index (Phi) is 5.62. The molecule has 1 saturated carbocycles. The predicted molar refractivity (Wildman–Crippen MR) is 107 cm³/mol. The number of likely N-dealkylation sites (tertiary alicyclic amines) is 1. The predicted octanol–water partition coefficient (Wildman–Crippen LogP) is 5.46. The lowest BCUT2D eigenvalue weighted by Gasteiger charge is -2.35. The lowest BCUT2D eigenvalue weighted by Crippen LogP contribution is -2.39. The van der Waals surface area contributed by atoms with Gasteiger partial charge in [0.25, 0.3) is 0 Å². The molecule has 1 aliphatic carbocycles. The van der Waals surface area contributed by atoms with Crippen LogP contribution in [0.5, 0.6) is 0 Å². The summed E-state index contributed by atoms with van der Waals surface area (Å²) in [7, 11) is 0. The number of hydrogen-bond donors (Lipinski definition) is 0. The summed E-state index contributed by atoms with van der Waals surface area (Å²) in [5.41, 5.74) is 3.89. The van der Waals surface area contributed by atoms with E-state index in [1.165, 1.54) is 12.1 Å². The quantitative estimate of drug-likeness (QED) is 0.676. The molecule has 1 atom stereocenters. The van der Waals surface area contributed by atoms with E-state index in [-0.39, 0.29) is 18.8 Å². The van der Waals surface area contributed by atoms with Crippen LogP contribution in [0.2, 0.25) is 0 Å². The maximum Gasteiger partial charge on any atom is 0.391 e. The third kappa shape index (κ3) is 4.30. The summed E-state index contributed by atoms with van der Waals surface area (Å²) in [6, 6.07) is 4.66. The summed E-state index contributed by atoms with van der Waals surface area (Å²) in [6.45, 7) is 8.63. The standard InChI is InChI=1S/C22H31F3N4/c1-14(2)28-10-4-5-17(13-28)20-11-15(3)26-21-12-19(27-29(20)21)16-6-8-18(9-7-16)22(23,24)25/h11-12,14,16-18H,4-10,13H2,1-3H3/t16-,17-,18-/m1/s1. The molecule has 2 fully saturated rings. The van der Waals surface area contributed by atoms with Crippen molar-refractivity contribution >= 4 is 5.65 Å². The highest BCUT2D eigenvalue weighted by atomic mass is 19.4. The molecule has 1 saturated heterocycles. The van der Waals surface area contributed by atoms with E-state index in [0.29, 0.717) is 24.8 Å². The van der Waals surface area contributed by atoms with Crippen molar-refractivity contribution in [3.05, 3.63) is 29.2 Å². The van der Waals surface area contributed by atoms with Crippen molar-refractivity contribution in [1.82, 2.24) is 19.5 Å². The highest BCUT2D eigenvalue weighted by Crippen LogP contribution is 2.42. The van der Waals surface area contributed by atoms with Gasteiger partial charge in [-0.3, -0.25) is 0 Å². The second-order valence-corrected chi connectivity index (χ2v) is 9.18. The fourth-order valence-corrected chi connectivity index (χ4v) is 5.07. The van der Waals surface area contributed by atoms with Gasteiger partial charge in [0.05, 0.1) is 17.3 Å². The summed E-state index contributed by atoms with van der Waals surface area (Å²) in [5.74, 6) is -0.651. The Bertz CT molecular complexity index is 850. The molecular formula is C22H31F3N4. The zero-order chi connectivity index (χ0) is 20.8. The number of fused-ring (bicyclic) bond motifs is 1. The molecule has 0 spiro atoms. The van der Waals surface area contributed by atoms with E-state index in [9.17, 15) is 13.2 Å². The molecule has 0 N–H and O–H groups in total. The minimum atomic E-state index is -4.07. The molecule has 29 heavy (non-hydrogen) atoms. The normalized spacial score (nSPS) is 27.1. The van der Waals surface area contributed by atoms with E-state index >= 15 is 0 Å². The van der Waals surface area contributed by atoms with Crippen molar-refractivity contribution in [2.24, 2.45) is 5.92 Å². The van der Waals surface area contributed by atoms with Crippen molar-refractivity contribution in [2.75, 3.05) is 13.1 Å². The van der Waals surface area contributed by atoms with Crippen LogP contribution >= 0.6 is 0 Å². The number of alkyl halides is 3. The number of aromatic nitrogens is 3. The SMILES string of the molecule is Cc1cc([C@@H]2CCCN(C(C)C)C2)n2nc([C@H]3CC[C@H](C(F)(F)F)CC3)cc2n1. The molecule has 4 rings (SSSR count). The van der Waals surface area contributed by atoms with E-state index in [2.05, 4.69) is 29.8 Å². The molecule has 0 unspecified atom stereocenters. The topological polar surface area (TPSA) is 33.4 Å². The first-order valence-electron chi connectivity index (χ1n) is 10.9. The third-order valence-corrected chi connectivity index (χ3v) is 6.81. The van der Waals surface area contributed by atoms with Gasteiger partial charge in [-0.1, -0.05) is 0 Å². The smallest absolute Gasteiger partial charge is 0.300 e. The Hall–Kier alpha value is -1.63. The first kappa shape index (κ1) is 20.6. The lowest BCUT2D eigenvalue weighted by atomic mass is 9.80. The van der Waals surface area contributed by atoms with Gasteiger partial charge in [-0.05, 0) is 71.9 Å². The summed E-state index contributed by atoms with van der Waals surface area (Å²) in [6.07, 6.45) is -0.269. The molecule has 2 aliphatic rings. The monoisotopic (exact) mass is 408 g/mol. The van der Waals surface area contributed by atoms with Gasteiger partial charge in [0, 0.05) is 36.2 Å². The summed E-state index contributed by atoms with van der Waals surface area (Å²) < 4.78 is 41.0. The first-order valence-corrected chi connectivity index (χ1v) is 10.9. The molecule has 0 amide bonds. The summed E-state index contributed by atoms with van der Waals surface area (Å²) >= 11 is 0. The lowest BCUT2D eigenvalue weighted by molar-refractivity contribution is -0.182. The van der Waals surface area contributed by atoms with Crippen LogP contribution < -0.4 is 0 Å². The third-order valence-electron chi connectivity index (χ3n) is 6.81. The number of nitrogens with zero attached hydrogens (tertiary/aromatic N) is 4. The summed E-state index contributed by atoms with van der Waals surface area (Å²) in [4.78, 5) is 7.17. The molecule has 0 bridgehead atoms. The number of hydrogen-bond acceptors (Lipinski definition) is 3. The van der Waals surface area contributed by atoms with Gasteiger partial charge in [-0.25, -0.2) is 9.50 Å². The Morgan fingerprint density at radius 2 is 1.76 bits per heavy atom. The van der Waals surface area contributed by atoms with E-state index in [0.717, 1.165) is 36.5 Å². The van der Waals surface area contributed by atoms with Gasteiger partial charge in [0.15, 0.2) is 5.65 Å². The van der Waals surface area contributed by atoms with Crippen LogP contribution in [0.15, 0.2) is 12.1 Å². The molecular weight excluding hydrogens is 377 g/mol. The van der Waals surface area contributed by atoms with Crippen LogP contribution in [-0.4, -0.2) is 44.8 Å². The van der Waals surface area contributed by atoms with Crippen molar-refractivity contribution in [1.29, 1.82) is 0 Å². The fraction of sp³-hybridized carbons (Fsp3) is 0.727. The van der Waals surface area contributed by atoms with Gasteiger partial charge >= 0.3 is 6.18 Å². The average Bonchev–Trinajstić information content (AvgIpc) is 3.10. The summed E-state index contributed by atoms with van der Waals surface area (Å²) in [5, 5.41) is 4.86. The number of aryl methyl sites for hydroxylation is 1. The van der Waals surface area contributed by atoms with Crippen molar-refractivity contribution < 1.29 is 13.2 Å². The van der Waals surface area contributed by atoms with E-state index < -0.39 is 12.1 Å². The van der Waals surface area contributed by atoms with Gasteiger partial charge in [0.1, 0.15) is 0 Å². The van der Waals surface area contributed by atoms with Gasteiger partial charge in [-0.2, -0.15) is 18.3 Å². The Labute approximate surface area is 170 Å². The minimum absolute atomic E-state index is 0.0991. The van der Waals surface area contributed by atoms with Gasteiger partial charge in [0.2, 0.25) is 0 Å². The molecule has 0 aromatic carbocycles. The number of rotatable bonds is 3. The van der Waals surface area contributed by atoms with Crippen molar-refractivity contribution in [2.45, 2.75) is 83.4 Å². The maximum atomic E-state index is 13.0. The number of piperidine rings is 1. The highest BCUT2D eigenvalue weighted by Gasteiger charge is 2.42. The van der Waals surface area contributed by atoms with Crippen LogP contribution in [0.4, 0.5) is 13.2 Å². The Balaban J connectivity index is 1.59. The second kappa shape index (κ2) is 7.89. The van der Waals surface area contributed by atoms with Crippen LogP contribution in [0.3, 0.4) is 0 Å². The van der Waals surface area contributed by atoms with Crippen LogP contribution in [0.1, 0.15) is 81.3 Å². The minimum Gasteiger partial charge on any atom is -0.300 e. The van der Waals surface area contributed by atoms with E-state index in [1.54, 1.807) is 0 Å². The molecule has 2 aromatic heterocycles. The molecule has 3 heterocycles. The molecule has 0 radical (unpaired) electrons. The van der Waals surface area contributed by atoms with Crippen LogP contribution in [0, 0.1) is 12.8 Å². The van der Waals surface area contributed by atoms with Gasteiger partial charge in [-0.15, -0.1) is 0 Å². The second-order valence-electron chi connectivity index (χ2n) is 9.18. The first-order chi connectivity index (χ1) is 13.7. The zero-order valence-corrected chi connectivity index (χ0v) is 17.5. The van der Waals surface area contributed by atoms with Gasteiger partial charge < -0.3 is 4.90 Å². The van der Waals surface area contributed by atoms with E-state index in [4.69, 9.17) is 5.10 Å².